The van der Waals surface area contributed by atoms with E-state index in [1.807, 2.05) is 18.2 Å². The number of hydrogen-bond donors (Lipinski definition) is 4. The van der Waals surface area contributed by atoms with Crippen LogP contribution >= 0.6 is 0 Å². The van der Waals surface area contributed by atoms with E-state index in [9.17, 15) is 20.0 Å². The van der Waals surface area contributed by atoms with Crippen LogP contribution in [0.5, 0.6) is 5.75 Å². The van der Waals surface area contributed by atoms with Gasteiger partial charge in [0.05, 0.1) is 30.3 Å². The van der Waals surface area contributed by atoms with Gasteiger partial charge in [0.1, 0.15) is 12.0 Å². The minimum absolute atomic E-state index is 0.0208. The molecule has 1 aliphatic carbocycles. The number of aliphatic carboxylic acids is 1. The number of carboxylic acids is 1. The molecule has 0 aromatic heterocycles. The molecule has 188 valence electrons. The van der Waals surface area contributed by atoms with E-state index >= 15 is 0 Å². The van der Waals surface area contributed by atoms with E-state index in [2.05, 4.69) is 16.7 Å². The van der Waals surface area contributed by atoms with Crippen LogP contribution in [0.3, 0.4) is 0 Å². The number of nitriles is 1. The third-order valence-electron chi connectivity index (χ3n) is 6.55. The average molecular weight is 492 g/mol. The van der Waals surface area contributed by atoms with Crippen LogP contribution in [0, 0.1) is 11.3 Å². The average Bonchev–Trinajstić information content (AvgIpc) is 3.59. The highest BCUT2D eigenvalue weighted by Crippen LogP contribution is 2.55. The van der Waals surface area contributed by atoms with Gasteiger partial charge >= 0.3 is 5.97 Å². The van der Waals surface area contributed by atoms with Gasteiger partial charge < -0.3 is 25.0 Å². The summed E-state index contributed by atoms with van der Waals surface area (Å²) in [5.74, 6) is -0.480. The molecular formula is C27H29N3O6. The molecule has 9 nitrogen and oxygen atoms in total. The van der Waals surface area contributed by atoms with Crippen molar-refractivity contribution < 1.29 is 29.3 Å². The van der Waals surface area contributed by atoms with E-state index in [1.54, 1.807) is 31.4 Å². The summed E-state index contributed by atoms with van der Waals surface area (Å²) in [6.45, 7) is 1.41. The molecule has 2 atom stereocenters. The number of nitrogens with one attached hydrogen (secondary N) is 2. The lowest BCUT2D eigenvalue weighted by atomic mass is 9.83. The Balaban J connectivity index is 1.52. The highest BCUT2D eigenvalue weighted by Gasteiger charge is 2.52. The summed E-state index contributed by atoms with van der Waals surface area (Å²) < 4.78 is 10.8. The van der Waals surface area contributed by atoms with Crippen LogP contribution in [0.1, 0.15) is 47.7 Å². The molecule has 2 aromatic rings. The number of carbonyl (C=O) groups is 2. The molecule has 0 saturated carbocycles. The van der Waals surface area contributed by atoms with Gasteiger partial charge in [-0.25, -0.2) is 0 Å². The van der Waals surface area contributed by atoms with Gasteiger partial charge in [-0.15, -0.1) is 0 Å². The van der Waals surface area contributed by atoms with Gasteiger partial charge in [0.15, 0.2) is 0 Å². The molecule has 36 heavy (non-hydrogen) atoms. The maximum atomic E-state index is 13.3. The molecule has 2 aliphatic rings. The maximum absolute atomic E-state index is 13.3. The van der Waals surface area contributed by atoms with Crippen LogP contribution < -0.4 is 15.4 Å². The SMILES string of the molecule is COCCNC(O)c1ccc2c(c1)[C@@]1(C=C1C(=O)Nc1cc(C#N)ccc1CCCC(=O)O)CCO2. The number of carboxylic acid groups (broad SMARTS) is 1. The fourth-order valence-electron chi connectivity index (χ4n) is 4.57. The van der Waals surface area contributed by atoms with Gasteiger partial charge in [-0.3, -0.25) is 14.9 Å². The summed E-state index contributed by atoms with van der Waals surface area (Å²) in [4.78, 5) is 24.2. The molecule has 2 aromatic carbocycles. The molecule has 1 aliphatic heterocycles. The predicted molar refractivity (Wildman–Crippen MR) is 132 cm³/mol. The zero-order valence-corrected chi connectivity index (χ0v) is 20.0. The van der Waals surface area contributed by atoms with Crippen LogP contribution in [-0.2, 0) is 26.2 Å². The fraction of sp³-hybridized carbons (Fsp3) is 0.370. The van der Waals surface area contributed by atoms with E-state index in [-0.39, 0.29) is 12.3 Å². The number of aliphatic hydroxyl groups is 1. The lowest BCUT2D eigenvalue weighted by Gasteiger charge is -2.29. The number of methoxy groups -OCH3 is 1. The summed E-state index contributed by atoms with van der Waals surface area (Å²) in [6, 6.07) is 12.6. The molecular weight excluding hydrogens is 462 g/mol. The summed E-state index contributed by atoms with van der Waals surface area (Å²) >= 11 is 0. The van der Waals surface area contributed by atoms with Crippen molar-refractivity contribution in [3.63, 3.8) is 0 Å². The smallest absolute Gasteiger partial charge is 0.303 e. The number of fused-ring (bicyclic) bond motifs is 2. The zero-order valence-electron chi connectivity index (χ0n) is 20.0. The highest BCUT2D eigenvalue weighted by atomic mass is 16.5. The van der Waals surface area contributed by atoms with Crippen LogP contribution in [0.4, 0.5) is 5.69 Å². The van der Waals surface area contributed by atoms with Crippen molar-refractivity contribution in [1.29, 1.82) is 5.26 Å². The normalized spacial score (nSPS) is 18.4. The molecule has 9 heteroatoms. The number of benzene rings is 2. The molecule has 0 saturated heterocycles. The van der Waals surface area contributed by atoms with Gasteiger partial charge in [0.2, 0.25) is 0 Å². The number of rotatable bonds is 11. The Morgan fingerprint density at radius 2 is 2.11 bits per heavy atom. The van der Waals surface area contributed by atoms with Crippen molar-refractivity contribution in [2.75, 3.05) is 32.2 Å². The number of nitrogens with zero attached hydrogens (tertiary/aromatic N) is 1. The number of aliphatic hydroxyl groups excluding tert-OH is 1. The molecule has 1 spiro atoms. The van der Waals surface area contributed by atoms with Crippen LogP contribution in [-0.4, -0.2) is 49.0 Å². The van der Waals surface area contributed by atoms with Gasteiger partial charge in [-0.1, -0.05) is 18.2 Å². The Morgan fingerprint density at radius 3 is 2.86 bits per heavy atom. The highest BCUT2D eigenvalue weighted by molar-refractivity contribution is 6.11. The number of amides is 1. The molecule has 1 unspecified atom stereocenters. The quantitative estimate of drug-likeness (QED) is 0.278. The second kappa shape index (κ2) is 10.9. The minimum Gasteiger partial charge on any atom is -0.493 e. The molecule has 0 bridgehead atoms. The number of allylic oxidation sites excluding steroid dienone is 1. The molecule has 1 heterocycles. The Hall–Kier alpha value is -3.71. The number of hydrogen-bond acceptors (Lipinski definition) is 7. The van der Waals surface area contributed by atoms with Crippen molar-refractivity contribution in [3.05, 3.63) is 70.3 Å². The van der Waals surface area contributed by atoms with Crippen molar-refractivity contribution in [2.24, 2.45) is 0 Å². The van der Waals surface area contributed by atoms with Crippen molar-refractivity contribution in [1.82, 2.24) is 5.32 Å². The first kappa shape index (κ1) is 25.4. The zero-order chi connectivity index (χ0) is 25.7. The fourth-order valence-corrected chi connectivity index (χ4v) is 4.57. The standard InChI is InChI=1S/C27H29N3O6/c1-35-12-10-29-25(33)19-7-8-23-20(14-19)27(9-11-36-23)15-21(27)26(34)30-22-13-17(16-28)5-6-18(22)3-2-4-24(31)32/h5-8,13-15,25,29,33H,2-4,9-12H2,1H3,(H,30,34)(H,31,32)/t25?,27-/m0/s1. The maximum Gasteiger partial charge on any atom is 0.303 e. The van der Waals surface area contributed by atoms with E-state index in [0.29, 0.717) is 67.2 Å². The first-order valence-corrected chi connectivity index (χ1v) is 11.8. The molecule has 4 N–H and O–H groups in total. The monoisotopic (exact) mass is 491 g/mol. The second-order valence-corrected chi connectivity index (χ2v) is 8.92. The summed E-state index contributed by atoms with van der Waals surface area (Å²) in [5, 5.41) is 34.7. The first-order chi connectivity index (χ1) is 17.4. The van der Waals surface area contributed by atoms with Crippen molar-refractivity contribution in [2.45, 2.75) is 37.3 Å². The Bertz CT molecular complexity index is 1230. The van der Waals surface area contributed by atoms with Crippen LogP contribution in [0.25, 0.3) is 0 Å². The van der Waals surface area contributed by atoms with Gasteiger partial charge in [0, 0.05) is 36.9 Å². The summed E-state index contributed by atoms with van der Waals surface area (Å²) in [5.41, 5.74) is 3.21. The van der Waals surface area contributed by atoms with E-state index < -0.39 is 17.6 Å². The molecule has 0 radical (unpaired) electrons. The van der Waals surface area contributed by atoms with Crippen molar-refractivity contribution in [3.8, 4) is 11.8 Å². The first-order valence-electron chi connectivity index (χ1n) is 11.8. The van der Waals surface area contributed by atoms with E-state index in [4.69, 9.17) is 14.6 Å². The summed E-state index contributed by atoms with van der Waals surface area (Å²) in [7, 11) is 1.59. The topological polar surface area (TPSA) is 141 Å². The minimum atomic E-state index is -0.887. The molecule has 1 amide bonds. The Kier molecular flexibility index (Phi) is 7.70. The van der Waals surface area contributed by atoms with E-state index in [0.717, 1.165) is 11.1 Å². The van der Waals surface area contributed by atoms with Gasteiger partial charge in [0.25, 0.3) is 5.91 Å². The third kappa shape index (κ3) is 5.41. The van der Waals surface area contributed by atoms with Crippen LogP contribution in [0.15, 0.2) is 48.0 Å². The predicted octanol–water partition coefficient (Wildman–Crippen LogP) is 2.79. The van der Waals surface area contributed by atoms with E-state index in [1.165, 1.54) is 0 Å². The molecule has 4 rings (SSSR count). The molecule has 0 fully saturated rings. The number of anilines is 1. The lowest BCUT2D eigenvalue weighted by molar-refractivity contribution is -0.137. The summed E-state index contributed by atoms with van der Waals surface area (Å²) in [6.07, 6.45) is 2.53. The van der Waals surface area contributed by atoms with Crippen molar-refractivity contribution >= 4 is 17.6 Å². The van der Waals surface area contributed by atoms with Gasteiger partial charge in [-0.05, 0) is 54.7 Å². The largest absolute Gasteiger partial charge is 0.493 e. The van der Waals surface area contributed by atoms with Gasteiger partial charge in [-0.2, -0.15) is 5.26 Å². The third-order valence-corrected chi connectivity index (χ3v) is 6.55. The Morgan fingerprint density at radius 1 is 1.28 bits per heavy atom. The van der Waals surface area contributed by atoms with Crippen LogP contribution in [0.2, 0.25) is 0 Å². The number of carbonyl (C=O) groups excluding carboxylic acids is 1. The Labute approximate surface area is 209 Å². The number of aryl methyl sites for hydroxylation is 1. The lowest BCUT2D eigenvalue weighted by Crippen LogP contribution is -2.28. The number of ether oxygens (including phenoxy) is 2. The second-order valence-electron chi connectivity index (χ2n) is 8.92.